The van der Waals surface area contributed by atoms with Gasteiger partial charge in [0.1, 0.15) is 0 Å². The second kappa shape index (κ2) is 12.4. The van der Waals surface area contributed by atoms with Gasteiger partial charge in [-0.15, -0.1) is 8.42 Å². The first-order valence-electron chi connectivity index (χ1n) is 8.59. The van der Waals surface area contributed by atoms with Crippen molar-refractivity contribution in [1.29, 1.82) is 0 Å². The molecule has 0 saturated carbocycles. The van der Waals surface area contributed by atoms with E-state index in [1.165, 1.54) is 38.1 Å². The van der Waals surface area contributed by atoms with Gasteiger partial charge in [0.05, 0.1) is 13.3 Å². The van der Waals surface area contributed by atoms with E-state index in [9.17, 15) is 12.8 Å². The first kappa shape index (κ1) is 20.0. The Hall–Kier alpha value is -1.01. The molecule has 4 nitrogen and oxygen atoms in total. The van der Waals surface area contributed by atoms with Crippen molar-refractivity contribution < 1.29 is 21.0 Å². The topological polar surface area (TPSA) is 47.3 Å². The lowest BCUT2D eigenvalue weighted by Crippen LogP contribution is -2.43. The van der Waals surface area contributed by atoms with Crippen LogP contribution in [-0.4, -0.2) is 21.7 Å². The number of alkyl halides is 1. The molecule has 1 aromatic heterocycles. The van der Waals surface area contributed by atoms with E-state index in [4.69, 9.17) is 4.18 Å². The highest BCUT2D eigenvalue weighted by Crippen LogP contribution is 2.10. The number of nitrogens with zero attached hydrogens (tertiary/aromatic N) is 1. The average molecular weight is 346 g/mol. The molecule has 0 N–H and O–H groups in total. The molecule has 0 spiro atoms. The number of hydrogen-bond acceptors (Lipinski definition) is 3. The van der Waals surface area contributed by atoms with Crippen molar-refractivity contribution in [2.45, 2.75) is 64.2 Å². The molecule has 6 heteroatoms. The van der Waals surface area contributed by atoms with Gasteiger partial charge in [0.25, 0.3) is 0 Å². The molecule has 0 fully saturated rings. The zero-order chi connectivity index (χ0) is 16.8. The van der Waals surface area contributed by atoms with Gasteiger partial charge in [-0.3, -0.25) is 4.39 Å². The number of rotatable bonds is 14. The van der Waals surface area contributed by atoms with Crippen molar-refractivity contribution in [2.75, 3.05) is 13.3 Å². The van der Waals surface area contributed by atoms with Crippen LogP contribution in [0.3, 0.4) is 0 Å². The van der Waals surface area contributed by atoms with Gasteiger partial charge in [0.15, 0.2) is 12.4 Å². The van der Waals surface area contributed by atoms with E-state index in [0.29, 0.717) is 6.42 Å². The minimum Gasteiger partial charge on any atom is -0.251 e. The molecule has 1 aromatic rings. The Morgan fingerprint density at radius 1 is 0.739 bits per heavy atom. The maximum atomic E-state index is 11.9. The lowest BCUT2D eigenvalue weighted by molar-refractivity contribution is -0.520. The van der Waals surface area contributed by atoms with Gasteiger partial charge < -0.3 is 0 Å². The number of unbranched alkanes of at least 4 members (excludes halogenated alkanes) is 9. The zero-order valence-electron chi connectivity index (χ0n) is 13.8. The van der Waals surface area contributed by atoms with E-state index >= 15 is 0 Å². The third kappa shape index (κ3) is 9.66. The van der Waals surface area contributed by atoms with Gasteiger partial charge in [-0.25, -0.2) is 4.18 Å². The van der Waals surface area contributed by atoms with Crippen LogP contribution < -0.4 is 3.97 Å². The van der Waals surface area contributed by atoms with Crippen molar-refractivity contribution in [1.82, 2.24) is 0 Å². The highest BCUT2D eigenvalue weighted by molar-refractivity contribution is 7.80. The minimum absolute atomic E-state index is 0.194. The second-order valence-electron chi connectivity index (χ2n) is 5.71. The monoisotopic (exact) mass is 346 g/mol. The molecule has 0 amide bonds. The molecule has 0 aliphatic carbocycles. The van der Waals surface area contributed by atoms with Crippen LogP contribution in [-0.2, 0) is 14.5 Å². The molecule has 0 radical (unpaired) electrons. The maximum Gasteiger partial charge on any atom is 0.513 e. The van der Waals surface area contributed by atoms with E-state index < -0.39 is 10.3 Å². The van der Waals surface area contributed by atoms with Crippen molar-refractivity contribution in [3.05, 3.63) is 30.6 Å². The summed E-state index contributed by atoms with van der Waals surface area (Å²) in [7, 11) is -3.68. The van der Waals surface area contributed by atoms with Gasteiger partial charge >= 0.3 is 10.3 Å². The molecular weight excluding hydrogens is 317 g/mol. The molecule has 0 aromatic carbocycles. The first-order valence-corrected chi connectivity index (χ1v) is 9.95. The summed E-state index contributed by atoms with van der Waals surface area (Å²) in [6, 6.07) is 5.06. The summed E-state index contributed by atoms with van der Waals surface area (Å²) in [6.07, 6.45) is 13.4. The summed E-state index contributed by atoms with van der Waals surface area (Å²) in [5, 5.41) is 0. The van der Waals surface area contributed by atoms with Crippen molar-refractivity contribution >= 4 is 10.3 Å². The average Bonchev–Trinajstić information content (AvgIpc) is 2.56. The Morgan fingerprint density at radius 3 is 1.74 bits per heavy atom. The smallest absolute Gasteiger partial charge is 0.251 e. The Bertz CT molecular complexity index is 494. The Morgan fingerprint density at radius 2 is 1.22 bits per heavy atom. The third-order valence-electron chi connectivity index (χ3n) is 3.71. The summed E-state index contributed by atoms with van der Waals surface area (Å²) >= 11 is 0. The predicted octanol–water partition coefficient (Wildman–Crippen LogP) is 3.95. The molecule has 0 aliphatic rings. The molecule has 0 atom stereocenters. The Labute approximate surface area is 139 Å². The van der Waals surface area contributed by atoms with Crippen LogP contribution in [0.5, 0.6) is 0 Å². The van der Waals surface area contributed by atoms with Crippen molar-refractivity contribution in [3.63, 3.8) is 0 Å². The van der Waals surface area contributed by atoms with Gasteiger partial charge in [-0.1, -0.05) is 61.4 Å². The minimum atomic E-state index is -3.68. The molecule has 1 heterocycles. The largest absolute Gasteiger partial charge is 0.513 e. The molecular formula is C17H29FNO3S+. The molecule has 1 rings (SSSR count). The van der Waals surface area contributed by atoms with Gasteiger partial charge in [-0.2, -0.15) is 0 Å². The quantitative estimate of drug-likeness (QED) is 0.378. The summed E-state index contributed by atoms with van der Waals surface area (Å²) in [6.45, 7) is 0.0357. The second-order valence-corrected chi connectivity index (χ2v) is 7.22. The Balaban J connectivity index is 1.96. The Kier molecular flexibility index (Phi) is 10.8. The van der Waals surface area contributed by atoms with Crippen LogP contribution in [0.4, 0.5) is 4.39 Å². The number of halogens is 1. The van der Waals surface area contributed by atoms with E-state index in [-0.39, 0.29) is 13.3 Å². The van der Waals surface area contributed by atoms with Crippen molar-refractivity contribution in [3.8, 4) is 0 Å². The normalized spacial score (nSPS) is 11.7. The lowest BCUT2D eigenvalue weighted by Gasteiger charge is -2.02. The maximum absolute atomic E-state index is 11.9. The fourth-order valence-corrected chi connectivity index (χ4v) is 3.26. The molecule has 23 heavy (non-hydrogen) atoms. The first-order chi connectivity index (χ1) is 11.2. The number of hydrogen-bond donors (Lipinski definition) is 0. The predicted molar refractivity (Wildman–Crippen MR) is 89.1 cm³/mol. The molecule has 0 unspecified atom stereocenters. The summed E-state index contributed by atoms with van der Waals surface area (Å²) < 4.78 is 41.6. The standard InChI is InChI=1S/C17H29FNO3S/c18-14-10-7-5-3-1-2-4-6-8-13-17-22-23(20,21)19-15-11-9-12-16-19/h9,11-12,15-16H,1-8,10,13-14,17H2/q+1. The van der Waals surface area contributed by atoms with Crippen LogP contribution in [0.1, 0.15) is 64.2 Å². The van der Waals surface area contributed by atoms with E-state index in [2.05, 4.69) is 0 Å². The summed E-state index contributed by atoms with van der Waals surface area (Å²) in [5.41, 5.74) is 0. The molecule has 0 saturated heterocycles. The van der Waals surface area contributed by atoms with Crippen LogP contribution in [0.25, 0.3) is 0 Å². The molecule has 0 aliphatic heterocycles. The highest BCUT2D eigenvalue weighted by Gasteiger charge is 2.21. The molecule has 132 valence electrons. The fourth-order valence-electron chi connectivity index (χ4n) is 2.37. The molecule has 0 bridgehead atoms. The fraction of sp³-hybridized carbons (Fsp3) is 0.706. The van der Waals surface area contributed by atoms with Gasteiger partial charge in [-0.05, 0) is 12.8 Å². The van der Waals surface area contributed by atoms with E-state index in [0.717, 1.165) is 36.1 Å². The van der Waals surface area contributed by atoms with Gasteiger partial charge in [0.2, 0.25) is 0 Å². The van der Waals surface area contributed by atoms with E-state index in [1.54, 1.807) is 18.2 Å². The van der Waals surface area contributed by atoms with E-state index in [1.807, 2.05) is 0 Å². The SMILES string of the molecule is O=S(=O)(OCCCCCCCCCCCCF)[n+]1ccccc1. The third-order valence-corrected chi connectivity index (χ3v) is 4.93. The van der Waals surface area contributed by atoms with Crippen LogP contribution >= 0.6 is 0 Å². The van der Waals surface area contributed by atoms with Gasteiger partial charge in [0, 0.05) is 12.1 Å². The van der Waals surface area contributed by atoms with Crippen LogP contribution in [0.2, 0.25) is 0 Å². The summed E-state index contributed by atoms with van der Waals surface area (Å²) in [4.78, 5) is 0. The number of pyridine rings is 1. The van der Waals surface area contributed by atoms with Crippen LogP contribution in [0, 0.1) is 0 Å². The number of aromatic nitrogens is 1. The van der Waals surface area contributed by atoms with Crippen molar-refractivity contribution in [2.24, 2.45) is 0 Å². The summed E-state index contributed by atoms with van der Waals surface area (Å²) in [5.74, 6) is 0. The van der Waals surface area contributed by atoms with Crippen LogP contribution in [0.15, 0.2) is 30.6 Å². The zero-order valence-corrected chi connectivity index (χ0v) is 14.6. The highest BCUT2D eigenvalue weighted by atomic mass is 32.2. The lowest BCUT2D eigenvalue weighted by atomic mass is 10.1.